The quantitative estimate of drug-likeness (QED) is 0.326. The average molecular weight is 502 g/mol. The molecule has 7 nitrogen and oxygen atoms in total. The number of aromatic nitrogens is 1. The molecule has 10 heteroatoms. The first-order chi connectivity index (χ1) is 16.0. The van der Waals surface area contributed by atoms with Crippen LogP contribution >= 0.6 is 34.3 Å². The lowest BCUT2D eigenvalue weighted by Crippen LogP contribution is -2.11. The molecule has 33 heavy (non-hydrogen) atoms. The molecule has 0 saturated carbocycles. The number of aromatic hydroxyl groups is 1. The van der Waals surface area contributed by atoms with E-state index in [0.717, 1.165) is 22.0 Å². The predicted molar refractivity (Wildman–Crippen MR) is 133 cm³/mol. The molecule has 4 rings (SSSR count). The maximum absolute atomic E-state index is 10.2. The van der Waals surface area contributed by atoms with Crippen molar-refractivity contribution in [1.29, 1.82) is 0 Å². The normalized spacial score (nSPS) is 11.8. The minimum Gasteiger partial charge on any atom is -0.502 e. The van der Waals surface area contributed by atoms with E-state index in [1.165, 1.54) is 36.9 Å². The van der Waals surface area contributed by atoms with Crippen LogP contribution in [0.15, 0.2) is 64.0 Å². The lowest BCUT2D eigenvalue weighted by Gasteiger charge is -2.09. The smallest absolute Gasteiger partial charge is 0.211 e. The van der Waals surface area contributed by atoms with E-state index in [1.807, 2.05) is 41.8 Å². The molecule has 0 unspecified atom stereocenters. The lowest BCUT2D eigenvalue weighted by molar-refractivity contribution is 0.340. The SMILES string of the molecule is COc1cccc(N=c2scc(-c3ccc(Cl)s3)n2/N=C\c2cc(OC)c(O)c(OC)c2)c1. The molecule has 0 spiro atoms. The van der Waals surface area contributed by atoms with E-state index in [1.54, 1.807) is 30.1 Å². The van der Waals surface area contributed by atoms with Gasteiger partial charge in [0.2, 0.25) is 10.6 Å². The summed E-state index contributed by atoms with van der Waals surface area (Å²) in [7, 11) is 4.58. The summed E-state index contributed by atoms with van der Waals surface area (Å²) in [5.41, 5.74) is 2.28. The predicted octanol–water partition coefficient (Wildman–Crippen LogP) is 5.78. The number of methoxy groups -OCH3 is 3. The van der Waals surface area contributed by atoms with Gasteiger partial charge in [-0.05, 0) is 36.4 Å². The van der Waals surface area contributed by atoms with Gasteiger partial charge in [-0.25, -0.2) is 9.67 Å². The first-order valence-electron chi connectivity index (χ1n) is 9.66. The molecule has 4 aromatic rings. The summed E-state index contributed by atoms with van der Waals surface area (Å²) in [5.74, 6) is 1.23. The Morgan fingerprint density at radius 3 is 2.39 bits per heavy atom. The van der Waals surface area contributed by atoms with Crippen molar-refractivity contribution in [3.05, 3.63) is 68.6 Å². The second-order valence-corrected chi connectivity index (χ2v) is 9.20. The van der Waals surface area contributed by atoms with Crippen LogP contribution in [0.25, 0.3) is 10.6 Å². The molecular weight excluding hydrogens is 482 g/mol. The van der Waals surface area contributed by atoms with E-state index in [2.05, 4.69) is 5.10 Å². The number of phenols is 1. The van der Waals surface area contributed by atoms with Crippen LogP contribution in [-0.4, -0.2) is 37.3 Å². The molecule has 0 aliphatic rings. The van der Waals surface area contributed by atoms with Gasteiger partial charge in [-0.1, -0.05) is 17.7 Å². The van der Waals surface area contributed by atoms with Gasteiger partial charge in [-0.2, -0.15) is 5.10 Å². The van der Waals surface area contributed by atoms with Crippen molar-refractivity contribution in [2.75, 3.05) is 21.3 Å². The first-order valence-corrected chi connectivity index (χ1v) is 11.7. The van der Waals surface area contributed by atoms with Gasteiger partial charge in [0.1, 0.15) is 5.75 Å². The zero-order valence-corrected chi connectivity index (χ0v) is 20.4. The highest BCUT2D eigenvalue weighted by atomic mass is 35.5. The second kappa shape index (κ2) is 10.1. The number of nitrogens with zero attached hydrogens (tertiary/aromatic N) is 3. The Hall–Kier alpha value is -3.27. The monoisotopic (exact) mass is 501 g/mol. The third kappa shape index (κ3) is 5.05. The van der Waals surface area contributed by atoms with Crippen LogP contribution in [0, 0.1) is 0 Å². The van der Waals surface area contributed by atoms with Gasteiger partial charge in [0, 0.05) is 17.0 Å². The van der Waals surface area contributed by atoms with Gasteiger partial charge in [-0.15, -0.1) is 22.7 Å². The van der Waals surface area contributed by atoms with E-state index >= 15 is 0 Å². The van der Waals surface area contributed by atoms with E-state index in [9.17, 15) is 5.11 Å². The third-order valence-corrected chi connectivity index (χ3v) is 6.68. The summed E-state index contributed by atoms with van der Waals surface area (Å²) in [4.78, 5) is 6.39. The standard InChI is InChI=1S/C23H20ClN3O4S2/c1-29-16-6-4-5-15(11-16)26-23-27(17(13-32-23)20-7-8-21(24)33-20)25-12-14-9-18(30-2)22(28)19(10-14)31-3/h4-13,28H,1-3H3/b25-12-,26-23?. The number of thiazole rings is 1. The summed E-state index contributed by atoms with van der Waals surface area (Å²) in [6.45, 7) is 0. The maximum atomic E-state index is 10.2. The molecule has 0 aliphatic heterocycles. The van der Waals surface area contributed by atoms with E-state index in [4.69, 9.17) is 30.8 Å². The summed E-state index contributed by atoms with van der Waals surface area (Å²) >= 11 is 9.09. The van der Waals surface area contributed by atoms with Crippen molar-refractivity contribution in [3.63, 3.8) is 0 Å². The number of benzene rings is 2. The second-order valence-electron chi connectivity index (χ2n) is 6.65. The van der Waals surface area contributed by atoms with Crippen molar-refractivity contribution in [1.82, 2.24) is 4.68 Å². The molecule has 0 atom stereocenters. The summed E-state index contributed by atoms with van der Waals surface area (Å²) < 4.78 is 18.2. The Balaban J connectivity index is 1.84. The Labute approximate surface area is 203 Å². The number of rotatable bonds is 7. The molecule has 170 valence electrons. The molecule has 0 amide bonds. The van der Waals surface area contributed by atoms with Crippen molar-refractivity contribution < 1.29 is 19.3 Å². The van der Waals surface area contributed by atoms with E-state index < -0.39 is 0 Å². The Bertz CT molecular complexity index is 1350. The zero-order valence-electron chi connectivity index (χ0n) is 18.0. The number of phenolic OH excluding ortho intramolecular Hbond substituents is 1. The van der Waals surface area contributed by atoms with Crippen molar-refractivity contribution >= 4 is 46.2 Å². The average Bonchev–Trinajstić information content (AvgIpc) is 3.44. The summed E-state index contributed by atoms with van der Waals surface area (Å²) in [5, 5.41) is 16.8. The van der Waals surface area contributed by atoms with Crippen LogP contribution in [0.3, 0.4) is 0 Å². The van der Waals surface area contributed by atoms with Crippen LogP contribution in [0.5, 0.6) is 23.0 Å². The molecular formula is C23H20ClN3O4S2. The Morgan fingerprint density at radius 2 is 1.76 bits per heavy atom. The van der Waals surface area contributed by atoms with Crippen LogP contribution in [0.1, 0.15) is 5.56 Å². The van der Waals surface area contributed by atoms with Gasteiger partial charge < -0.3 is 19.3 Å². The molecule has 0 bridgehead atoms. The molecule has 2 aromatic heterocycles. The fourth-order valence-corrected chi connectivity index (χ4v) is 4.98. The van der Waals surface area contributed by atoms with Crippen molar-refractivity contribution in [2.45, 2.75) is 0 Å². The number of hydrogen-bond acceptors (Lipinski definition) is 8. The molecule has 0 saturated heterocycles. The number of halogens is 1. The highest BCUT2D eigenvalue weighted by Gasteiger charge is 2.12. The lowest BCUT2D eigenvalue weighted by atomic mass is 10.2. The van der Waals surface area contributed by atoms with Gasteiger partial charge in [0.05, 0.1) is 48.1 Å². The number of thiophene rings is 1. The molecule has 0 aliphatic carbocycles. The minimum atomic E-state index is -0.0667. The highest BCUT2D eigenvalue weighted by molar-refractivity contribution is 7.19. The topological polar surface area (TPSA) is 77.6 Å². The third-order valence-electron chi connectivity index (χ3n) is 4.61. The van der Waals surface area contributed by atoms with Crippen LogP contribution < -0.4 is 19.0 Å². The Morgan fingerprint density at radius 1 is 1.00 bits per heavy atom. The van der Waals surface area contributed by atoms with Crippen molar-refractivity contribution in [2.24, 2.45) is 10.1 Å². The van der Waals surface area contributed by atoms with Gasteiger partial charge in [-0.3, -0.25) is 0 Å². The largest absolute Gasteiger partial charge is 0.502 e. The van der Waals surface area contributed by atoms with Gasteiger partial charge in [0.15, 0.2) is 11.5 Å². The summed E-state index contributed by atoms with van der Waals surface area (Å²) in [6.07, 6.45) is 1.65. The van der Waals surface area contributed by atoms with Crippen LogP contribution in [0.2, 0.25) is 4.34 Å². The summed E-state index contributed by atoms with van der Waals surface area (Å²) in [6, 6.07) is 14.6. The molecule has 0 fully saturated rings. The maximum Gasteiger partial charge on any atom is 0.211 e. The molecule has 2 aromatic carbocycles. The van der Waals surface area contributed by atoms with Crippen LogP contribution in [-0.2, 0) is 0 Å². The molecule has 1 N–H and O–H groups in total. The first kappa shape index (κ1) is 22.9. The number of ether oxygens (including phenoxy) is 3. The van der Waals surface area contributed by atoms with Crippen molar-refractivity contribution in [3.8, 4) is 33.6 Å². The van der Waals surface area contributed by atoms with E-state index in [0.29, 0.717) is 14.7 Å². The van der Waals surface area contributed by atoms with E-state index in [-0.39, 0.29) is 17.2 Å². The number of hydrogen-bond donors (Lipinski definition) is 1. The minimum absolute atomic E-state index is 0.0667. The van der Waals surface area contributed by atoms with Gasteiger partial charge in [0.25, 0.3) is 0 Å². The fraction of sp³-hybridized carbons (Fsp3) is 0.130. The molecule has 0 radical (unpaired) electrons. The Kier molecular flexibility index (Phi) is 7.02. The zero-order chi connectivity index (χ0) is 23.4. The van der Waals surface area contributed by atoms with Crippen LogP contribution in [0.4, 0.5) is 5.69 Å². The fourth-order valence-electron chi connectivity index (χ4n) is 3.01. The highest BCUT2D eigenvalue weighted by Crippen LogP contribution is 2.37. The van der Waals surface area contributed by atoms with Gasteiger partial charge >= 0.3 is 0 Å². The molecule has 2 heterocycles.